The largest absolute Gasteiger partial charge is 0.326 e. The number of sulfonamides is 1. The molecule has 1 unspecified atom stereocenters. The maximum absolute atomic E-state index is 13.2. The Labute approximate surface area is 171 Å². The highest BCUT2D eigenvalue weighted by Crippen LogP contribution is 2.28. The normalized spacial score (nSPS) is 18.1. The van der Waals surface area contributed by atoms with Crippen LogP contribution in [0.5, 0.6) is 0 Å². The molecule has 1 atom stereocenters. The molecule has 28 heavy (non-hydrogen) atoms. The van der Waals surface area contributed by atoms with Gasteiger partial charge in [-0.15, -0.1) is 0 Å². The van der Waals surface area contributed by atoms with Crippen LogP contribution in [-0.2, 0) is 14.8 Å². The lowest BCUT2D eigenvalue weighted by Gasteiger charge is -2.31. The van der Waals surface area contributed by atoms with Gasteiger partial charge in [0.25, 0.3) is 0 Å². The van der Waals surface area contributed by atoms with Crippen LogP contribution in [0.25, 0.3) is 0 Å². The number of benzene rings is 2. The summed E-state index contributed by atoms with van der Waals surface area (Å²) in [6.07, 6.45) is 1.32. The predicted octanol–water partition coefficient (Wildman–Crippen LogP) is 4.30. The van der Waals surface area contributed by atoms with E-state index >= 15 is 0 Å². The number of anilines is 1. The van der Waals surface area contributed by atoms with Gasteiger partial charge in [-0.3, -0.25) is 4.79 Å². The van der Waals surface area contributed by atoms with E-state index in [9.17, 15) is 13.2 Å². The molecule has 5 nitrogen and oxygen atoms in total. The van der Waals surface area contributed by atoms with Crippen LogP contribution in [0.2, 0.25) is 5.02 Å². The minimum Gasteiger partial charge on any atom is -0.326 e. The van der Waals surface area contributed by atoms with E-state index in [1.807, 2.05) is 26.0 Å². The van der Waals surface area contributed by atoms with Crippen molar-refractivity contribution >= 4 is 33.2 Å². The molecule has 150 valence electrons. The summed E-state index contributed by atoms with van der Waals surface area (Å²) in [6, 6.07) is 10.7. The number of halogens is 1. The highest BCUT2D eigenvalue weighted by atomic mass is 35.5. The minimum absolute atomic E-state index is 0.161. The van der Waals surface area contributed by atoms with E-state index in [1.165, 1.54) is 4.31 Å². The number of nitrogens with zero attached hydrogens (tertiary/aromatic N) is 1. The van der Waals surface area contributed by atoms with Crippen molar-refractivity contribution in [2.45, 2.75) is 38.5 Å². The summed E-state index contributed by atoms with van der Waals surface area (Å²) in [6.45, 7) is 6.16. The maximum Gasteiger partial charge on any atom is 0.243 e. The third kappa shape index (κ3) is 4.40. The number of carbonyl (C=O) groups is 1. The number of amides is 1. The van der Waals surface area contributed by atoms with E-state index in [2.05, 4.69) is 5.32 Å². The summed E-state index contributed by atoms with van der Waals surface area (Å²) >= 11 is 5.97. The van der Waals surface area contributed by atoms with E-state index in [-0.39, 0.29) is 18.4 Å². The van der Waals surface area contributed by atoms with E-state index in [0.29, 0.717) is 40.6 Å². The molecule has 2 aromatic carbocycles. The zero-order valence-electron chi connectivity index (χ0n) is 16.3. The van der Waals surface area contributed by atoms with Crippen LogP contribution < -0.4 is 5.32 Å². The molecule has 0 aromatic heterocycles. The second kappa shape index (κ2) is 8.23. The highest BCUT2D eigenvalue weighted by Gasteiger charge is 2.34. The summed E-state index contributed by atoms with van der Waals surface area (Å²) in [7, 11) is -3.63. The van der Waals surface area contributed by atoms with Crippen LogP contribution in [0.1, 0.15) is 29.5 Å². The minimum atomic E-state index is -3.63. The topological polar surface area (TPSA) is 66.5 Å². The summed E-state index contributed by atoms with van der Waals surface area (Å²) in [4.78, 5) is 13.1. The molecular weight excluding hydrogens is 396 g/mol. The Kier molecular flexibility index (Phi) is 6.12. The second-order valence-electron chi connectivity index (χ2n) is 7.42. The summed E-state index contributed by atoms with van der Waals surface area (Å²) < 4.78 is 27.8. The van der Waals surface area contributed by atoms with Gasteiger partial charge in [0.2, 0.25) is 15.9 Å². The van der Waals surface area contributed by atoms with E-state index in [0.717, 1.165) is 11.1 Å². The number of piperidine rings is 1. The fourth-order valence-electron chi connectivity index (χ4n) is 3.50. The van der Waals surface area contributed by atoms with E-state index in [4.69, 9.17) is 11.6 Å². The number of aryl methyl sites for hydroxylation is 3. The first-order valence-electron chi connectivity index (χ1n) is 9.33. The van der Waals surface area contributed by atoms with Gasteiger partial charge in [-0.25, -0.2) is 8.42 Å². The van der Waals surface area contributed by atoms with Gasteiger partial charge in [0.1, 0.15) is 0 Å². The predicted molar refractivity (Wildman–Crippen MR) is 112 cm³/mol. The van der Waals surface area contributed by atoms with Crippen LogP contribution in [0.3, 0.4) is 0 Å². The van der Waals surface area contributed by atoms with Crippen molar-refractivity contribution in [2.75, 3.05) is 18.4 Å². The van der Waals surface area contributed by atoms with Gasteiger partial charge in [0, 0.05) is 23.8 Å². The second-order valence-corrected chi connectivity index (χ2v) is 9.76. The molecule has 1 heterocycles. The monoisotopic (exact) mass is 420 g/mol. The molecule has 1 aliphatic rings. The van der Waals surface area contributed by atoms with Crippen LogP contribution in [0, 0.1) is 26.7 Å². The van der Waals surface area contributed by atoms with Crippen molar-refractivity contribution in [3.8, 4) is 0 Å². The van der Waals surface area contributed by atoms with E-state index in [1.54, 1.807) is 31.2 Å². The molecule has 0 aliphatic carbocycles. The fourth-order valence-corrected chi connectivity index (χ4v) is 5.56. The standard InChI is InChI=1S/C21H25ClN2O3S/c1-14-6-7-15(2)20(11-14)28(26,27)24-10-4-5-17(13-24)21(25)23-19-9-8-18(22)12-16(19)3/h6-9,11-12,17H,4-5,10,13H2,1-3H3,(H,23,25). The van der Waals surface area contributed by atoms with Crippen LogP contribution in [0.15, 0.2) is 41.3 Å². The average molecular weight is 421 g/mol. The van der Waals surface area contributed by atoms with Crippen molar-refractivity contribution in [1.29, 1.82) is 0 Å². The number of rotatable bonds is 4. The zero-order valence-corrected chi connectivity index (χ0v) is 17.9. The van der Waals surface area contributed by atoms with Crippen LogP contribution in [-0.4, -0.2) is 31.7 Å². The van der Waals surface area contributed by atoms with Crippen molar-refractivity contribution < 1.29 is 13.2 Å². The summed E-state index contributed by atoms with van der Waals surface area (Å²) in [5.74, 6) is -0.546. The smallest absolute Gasteiger partial charge is 0.243 e. The number of hydrogen-bond donors (Lipinski definition) is 1. The lowest BCUT2D eigenvalue weighted by Crippen LogP contribution is -2.43. The van der Waals surface area contributed by atoms with Crippen LogP contribution in [0.4, 0.5) is 5.69 Å². The van der Waals surface area contributed by atoms with Gasteiger partial charge >= 0.3 is 0 Å². The molecule has 0 spiro atoms. The Morgan fingerprint density at radius 2 is 1.86 bits per heavy atom. The fraction of sp³-hybridized carbons (Fsp3) is 0.381. The van der Waals surface area contributed by atoms with Crippen molar-refractivity contribution in [3.63, 3.8) is 0 Å². The molecule has 0 bridgehead atoms. The summed E-state index contributed by atoms with van der Waals surface area (Å²) in [5, 5.41) is 3.53. The zero-order chi connectivity index (χ0) is 20.5. The number of carbonyl (C=O) groups excluding carboxylic acids is 1. The molecule has 0 saturated carbocycles. The molecule has 1 saturated heterocycles. The van der Waals surface area contributed by atoms with Gasteiger partial charge in [0.05, 0.1) is 10.8 Å². The van der Waals surface area contributed by atoms with Gasteiger partial charge in [-0.05, 0) is 74.6 Å². The molecule has 1 fully saturated rings. The molecular formula is C21H25ClN2O3S. The molecule has 1 N–H and O–H groups in total. The lowest BCUT2D eigenvalue weighted by atomic mass is 9.98. The third-order valence-corrected chi connectivity index (χ3v) is 7.40. The third-order valence-electron chi connectivity index (χ3n) is 5.16. The van der Waals surface area contributed by atoms with Crippen molar-refractivity contribution in [1.82, 2.24) is 4.31 Å². The first-order chi connectivity index (χ1) is 13.2. The van der Waals surface area contributed by atoms with Gasteiger partial charge < -0.3 is 5.32 Å². The van der Waals surface area contributed by atoms with Gasteiger partial charge in [0.15, 0.2) is 0 Å². The van der Waals surface area contributed by atoms with Crippen LogP contribution >= 0.6 is 11.6 Å². The summed E-state index contributed by atoms with van der Waals surface area (Å²) in [5.41, 5.74) is 3.18. The SMILES string of the molecule is Cc1ccc(C)c(S(=O)(=O)N2CCCC(C(=O)Nc3ccc(Cl)cc3C)C2)c1. The highest BCUT2D eigenvalue weighted by molar-refractivity contribution is 7.89. The molecule has 7 heteroatoms. The van der Waals surface area contributed by atoms with E-state index < -0.39 is 10.0 Å². The Morgan fingerprint density at radius 3 is 2.57 bits per heavy atom. The molecule has 1 aliphatic heterocycles. The lowest BCUT2D eigenvalue weighted by molar-refractivity contribution is -0.120. The van der Waals surface area contributed by atoms with Crippen molar-refractivity contribution in [2.24, 2.45) is 5.92 Å². The Balaban J connectivity index is 1.78. The Bertz CT molecular complexity index is 1000. The first-order valence-corrected chi connectivity index (χ1v) is 11.1. The molecule has 3 rings (SSSR count). The van der Waals surface area contributed by atoms with Gasteiger partial charge in [-0.2, -0.15) is 4.31 Å². The molecule has 0 radical (unpaired) electrons. The first kappa shape index (κ1) is 20.8. The Morgan fingerprint density at radius 1 is 1.11 bits per heavy atom. The quantitative estimate of drug-likeness (QED) is 0.801. The molecule has 2 aromatic rings. The van der Waals surface area contributed by atoms with Gasteiger partial charge in [-0.1, -0.05) is 23.7 Å². The molecule has 1 amide bonds. The average Bonchev–Trinajstić information content (AvgIpc) is 2.66. The number of hydrogen-bond acceptors (Lipinski definition) is 3. The Hall–Kier alpha value is -1.89. The van der Waals surface area contributed by atoms with Crippen molar-refractivity contribution in [3.05, 3.63) is 58.1 Å². The number of nitrogens with one attached hydrogen (secondary N) is 1. The maximum atomic E-state index is 13.2.